The average molecular weight is 311 g/mol. The van der Waals surface area contributed by atoms with E-state index in [1.807, 2.05) is 0 Å². The third-order valence-electron chi connectivity index (χ3n) is 1.93. The average Bonchev–Trinajstić information content (AvgIpc) is 2.45. The third kappa shape index (κ3) is 10.8. The van der Waals surface area contributed by atoms with Crippen LogP contribution in [0.4, 0.5) is 0 Å². The lowest BCUT2D eigenvalue weighted by atomic mass is 10.5. The molecular formula is C9H18N3O7P. The fraction of sp³-hybridized carbons (Fsp3) is 1.00. The van der Waals surface area contributed by atoms with Gasteiger partial charge in [0.05, 0.1) is 39.5 Å². The van der Waals surface area contributed by atoms with Crippen LogP contribution in [0.3, 0.4) is 0 Å². The standard InChI is InChI=1S/C9H18N3O7P/c13-10-4-1-7-17-20(16,18-8-2-5-11-14)19-9-3-6-12-15/h1-9H2. The maximum absolute atomic E-state index is 12.1. The quantitative estimate of drug-likeness (QED) is 0.258. The summed E-state index contributed by atoms with van der Waals surface area (Å²) in [5.41, 5.74) is 0. The minimum Gasteiger partial charge on any atom is -0.287 e. The van der Waals surface area contributed by atoms with E-state index in [1.165, 1.54) is 0 Å². The highest BCUT2D eigenvalue weighted by molar-refractivity contribution is 7.48. The van der Waals surface area contributed by atoms with Gasteiger partial charge in [0.1, 0.15) is 0 Å². The first-order valence-electron chi connectivity index (χ1n) is 6.09. The first-order valence-corrected chi connectivity index (χ1v) is 7.55. The number of hydrogen-bond acceptors (Lipinski definition) is 10. The van der Waals surface area contributed by atoms with Crippen LogP contribution < -0.4 is 0 Å². The first-order chi connectivity index (χ1) is 9.68. The molecule has 0 N–H and O–H groups in total. The van der Waals surface area contributed by atoms with E-state index in [0.717, 1.165) is 0 Å². The highest BCUT2D eigenvalue weighted by atomic mass is 31.2. The molecule has 0 aromatic rings. The summed E-state index contributed by atoms with van der Waals surface area (Å²) in [5.74, 6) is 0. The molecule has 0 spiro atoms. The number of nitrogens with zero attached hydrogens (tertiary/aromatic N) is 3. The number of phosphoric acid groups is 1. The van der Waals surface area contributed by atoms with Gasteiger partial charge in [0.2, 0.25) is 0 Å². The highest BCUT2D eigenvalue weighted by Crippen LogP contribution is 2.49. The Balaban J connectivity index is 4.11. The number of rotatable bonds is 15. The molecule has 0 saturated heterocycles. The van der Waals surface area contributed by atoms with Gasteiger partial charge in [-0.15, -0.1) is 0 Å². The molecule has 0 aliphatic rings. The van der Waals surface area contributed by atoms with Crippen LogP contribution in [0.5, 0.6) is 0 Å². The molecule has 116 valence electrons. The van der Waals surface area contributed by atoms with Crippen molar-refractivity contribution in [2.45, 2.75) is 19.3 Å². The minimum absolute atomic E-state index is 0.0130. The Morgan fingerprint density at radius 3 is 1.20 bits per heavy atom. The molecule has 0 aliphatic heterocycles. The second-order valence-electron chi connectivity index (χ2n) is 3.57. The van der Waals surface area contributed by atoms with Crippen LogP contribution in [0.15, 0.2) is 15.5 Å². The van der Waals surface area contributed by atoms with E-state index in [1.54, 1.807) is 0 Å². The van der Waals surface area contributed by atoms with Gasteiger partial charge in [-0.25, -0.2) is 4.57 Å². The van der Waals surface area contributed by atoms with Gasteiger partial charge in [-0.2, -0.15) is 14.7 Å². The summed E-state index contributed by atoms with van der Waals surface area (Å²) in [6.45, 7) is 0.0566. The van der Waals surface area contributed by atoms with Crippen LogP contribution in [0.2, 0.25) is 0 Å². The van der Waals surface area contributed by atoms with E-state index < -0.39 is 7.82 Å². The minimum atomic E-state index is -3.77. The van der Waals surface area contributed by atoms with Gasteiger partial charge in [-0.3, -0.25) is 13.6 Å². The fourth-order valence-corrected chi connectivity index (χ4v) is 2.31. The van der Waals surface area contributed by atoms with E-state index in [2.05, 4.69) is 15.5 Å². The second kappa shape index (κ2) is 12.9. The Hall–Kier alpha value is -1.09. The lowest BCUT2D eigenvalue weighted by Crippen LogP contribution is -2.05. The van der Waals surface area contributed by atoms with Gasteiger partial charge in [0, 0.05) is 0 Å². The molecule has 0 aromatic heterocycles. The molecule has 20 heavy (non-hydrogen) atoms. The largest absolute Gasteiger partial charge is 0.474 e. The summed E-state index contributed by atoms with van der Waals surface area (Å²) < 4.78 is 27.1. The molecule has 10 nitrogen and oxygen atoms in total. The van der Waals surface area contributed by atoms with Crippen molar-refractivity contribution in [1.82, 2.24) is 0 Å². The zero-order valence-electron chi connectivity index (χ0n) is 11.0. The van der Waals surface area contributed by atoms with Crippen molar-refractivity contribution in [2.24, 2.45) is 15.5 Å². The predicted octanol–water partition coefficient (Wildman–Crippen LogP) is 2.61. The fourth-order valence-electron chi connectivity index (χ4n) is 1.03. The van der Waals surface area contributed by atoms with Gasteiger partial charge >= 0.3 is 7.82 Å². The van der Waals surface area contributed by atoms with E-state index in [9.17, 15) is 19.3 Å². The molecule has 0 aliphatic carbocycles. The summed E-state index contributed by atoms with van der Waals surface area (Å²) >= 11 is 0. The molecule has 0 amide bonds. The van der Waals surface area contributed by atoms with Gasteiger partial charge in [-0.1, -0.05) is 15.5 Å². The molecule has 0 unspecified atom stereocenters. The van der Waals surface area contributed by atoms with E-state index in [0.29, 0.717) is 0 Å². The van der Waals surface area contributed by atoms with Crippen molar-refractivity contribution in [1.29, 1.82) is 0 Å². The maximum Gasteiger partial charge on any atom is 0.474 e. The van der Waals surface area contributed by atoms with Crippen LogP contribution >= 0.6 is 7.82 Å². The molecule has 0 fully saturated rings. The SMILES string of the molecule is O=NCCCOP(=O)(OCCCN=O)OCCCN=O. The summed E-state index contributed by atoms with van der Waals surface area (Å²) in [5, 5.41) is 7.90. The van der Waals surface area contributed by atoms with Crippen molar-refractivity contribution < 1.29 is 18.1 Å². The number of phosphoric ester groups is 1. The Morgan fingerprint density at radius 1 is 0.650 bits per heavy atom. The van der Waals surface area contributed by atoms with E-state index in [4.69, 9.17) is 13.6 Å². The van der Waals surface area contributed by atoms with Crippen LogP contribution in [-0.2, 0) is 18.1 Å². The zero-order chi connectivity index (χ0) is 15.1. The van der Waals surface area contributed by atoms with Crippen molar-refractivity contribution in [3.63, 3.8) is 0 Å². The number of hydrogen-bond donors (Lipinski definition) is 0. The lowest BCUT2D eigenvalue weighted by Gasteiger charge is -2.17. The Bertz CT molecular complexity index is 281. The van der Waals surface area contributed by atoms with Crippen LogP contribution in [0, 0.1) is 14.7 Å². The maximum atomic E-state index is 12.1. The first kappa shape index (κ1) is 18.9. The molecule has 11 heteroatoms. The molecule has 0 aromatic carbocycles. The van der Waals surface area contributed by atoms with Crippen molar-refractivity contribution in [2.75, 3.05) is 39.5 Å². The van der Waals surface area contributed by atoms with Crippen molar-refractivity contribution >= 4 is 7.82 Å². The second-order valence-corrected chi connectivity index (χ2v) is 5.23. The van der Waals surface area contributed by atoms with Crippen LogP contribution in [0.1, 0.15) is 19.3 Å². The van der Waals surface area contributed by atoms with Gasteiger partial charge < -0.3 is 0 Å². The summed E-state index contributed by atoms with van der Waals surface area (Å²) in [6.07, 6.45) is 0.851. The van der Waals surface area contributed by atoms with Crippen LogP contribution in [-0.4, -0.2) is 39.5 Å². The van der Waals surface area contributed by atoms with Crippen LogP contribution in [0.25, 0.3) is 0 Å². The summed E-state index contributed by atoms with van der Waals surface area (Å²) in [7, 11) is -3.77. The van der Waals surface area contributed by atoms with Gasteiger partial charge in [0.25, 0.3) is 0 Å². The summed E-state index contributed by atoms with van der Waals surface area (Å²) in [4.78, 5) is 29.7. The molecule has 0 radical (unpaired) electrons. The molecule has 0 rings (SSSR count). The predicted molar refractivity (Wildman–Crippen MR) is 71.3 cm³/mol. The Morgan fingerprint density at radius 2 is 0.950 bits per heavy atom. The topological polar surface area (TPSA) is 133 Å². The third-order valence-corrected chi connectivity index (χ3v) is 3.43. The summed E-state index contributed by atoms with van der Waals surface area (Å²) in [6, 6.07) is 0. The monoisotopic (exact) mass is 311 g/mol. The molecule has 0 atom stereocenters. The molecule has 0 heterocycles. The zero-order valence-corrected chi connectivity index (χ0v) is 11.9. The Labute approximate surface area is 116 Å². The molecule has 0 saturated carbocycles. The van der Waals surface area contributed by atoms with Crippen molar-refractivity contribution in [3.8, 4) is 0 Å². The lowest BCUT2D eigenvalue weighted by molar-refractivity contribution is 0.112. The van der Waals surface area contributed by atoms with Crippen molar-refractivity contribution in [3.05, 3.63) is 14.7 Å². The number of nitroso groups, excluding NO2 is 3. The molecule has 0 bridgehead atoms. The normalized spacial score (nSPS) is 11.2. The van der Waals surface area contributed by atoms with Gasteiger partial charge in [0.15, 0.2) is 0 Å². The van der Waals surface area contributed by atoms with E-state index >= 15 is 0 Å². The Kier molecular flexibility index (Phi) is 12.2. The highest BCUT2D eigenvalue weighted by Gasteiger charge is 2.26. The smallest absolute Gasteiger partial charge is 0.287 e. The van der Waals surface area contributed by atoms with Gasteiger partial charge in [-0.05, 0) is 19.3 Å². The molecular weight excluding hydrogens is 293 g/mol. The van der Waals surface area contributed by atoms with E-state index in [-0.39, 0.29) is 58.7 Å².